The molecular formula is C25H29N3O2. The molecular weight excluding hydrogens is 374 g/mol. The Kier molecular flexibility index (Phi) is 6.50. The first-order valence-corrected chi connectivity index (χ1v) is 10.6. The summed E-state index contributed by atoms with van der Waals surface area (Å²) in [6.45, 7) is 7.65. The standard InChI is InChI=1S/C25H29N3O2/c1-20-7-4-10-22(19-20)28-16-14-27(15-17-28)13-6-18-30-25(29)26-24-12-5-9-21-8-2-3-11-23(21)24/h2-5,7-12,19H,6,13-18H2,1H3,(H,26,29). The summed E-state index contributed by atoms with van der Waals surface area (Å²) >= 11 is 0. The lowest BCUT2D eigenvalue weighted by Gasteiger charge is -2.36. The van der Waals surface area contributed by atoms with Gasteiger partial charge in [0, 0.05) is 43.8 Å². The van der Waals surface area contributed by atoms with Gasteiger partial charge in [0.1, 0.15) is 0 Å². The van der Waals surface area contributed by atoms with Gasteiger partial charge in [0.15, 0.2) is 0 Å². The maximum atomic E-state index is 12.2. The Morgan fingerprint density at radius 2 is 1.73 bits per heavy atom. The molecule has 1 heterocycles. The van der Waals surface area contributed by atoms with Gasteiger partial charge in [0.25, 0.3) is 0 Å². The number of hydrogen-bond acceptors (Lipinski definition) is 4. The lowest BCUT2D eigenvalue weighted by Crippen LogP contribution is -2.46. The second kappa shape index (κ2) is 9.63. The summed E-state index contributed by atoms with van der Waals surface area (Å²) in [5, 5.41) is 4.98. The fourth-order valence-corrected chi connectivity index (χ4v) is 3.99. The van der Waals surface area contributed by atoms with Crippen molar-refractivity contribution in [2.75, 3.05) is 49.5 Å². The molecule has 1 aliphatic rings. The van der Waals surface area contributed by atoms with Gasteiger partial charge >= 0.3 is 6.09 Å². The van der Waals surface area contributed by atoms with Crippen molar-refractivity contribution in [2.24, 2.45) is 0 Å². The molecule has 4 rings (SSSR count). The third-order valence-corrected chi connectivity index (χ3v) is 5.62. The number of nitrogens with one attached hydrogen (secondary N) is 1. The van der Waals surface area contributed by atoms with E-state index in [2.05, 4.69) is 46.3 Å². The molecule has 0 atom stereocenters. The lowest BCUT2D eigenvalue weighted by atomic mass is 10.1. The Labute approximate surface area is 178 Å². The first kappa shape index (κ1) is 20.2. The van der Waals surface area contributed by atoms with Crippen molar-refractivity contribution in [1.82, 2.24) is 4.90 Å². The van der Waals surface area contributed by atoms with Crippen LogP contribution in [0, 0.1) is 6.92 Å². The normalized spacial score (nSPS) is 14.6. The maximum absolute atomic E-state index is 12.2. The van der Waals surface area contributed by atoms with Crippen molar-refractivity contribution in [2.45, 2.75) is 13.3 Å². The van der Waals surface area contributed by atoms with E-state index in [-0.39, 0.29) is 0 Å². The van der Waals surface area contributed by atoms with E-state index in [0.717, 1.165) is 55.6 Å². The summed E-state index contributed by atoms with van der Waals surface area (Å²) in [4.78, 5) is 17.1. The molecule has 3 aromatic rings. The minimum atomic E-state index is -0.393. The Hall–Kier alpha value is -3.05. The zero-order valence-electron chi connectivity index (χ0n) is 17.5. The molecule has 1 amide bonds. The average Bonchev–Trinajstić information content (AvgIpc) is 2.77. The monoisotopic (exact) mass is 403 g/mol. The molecule has 1 saturated heterocycles. The number of fused-ring (bicyclic) bond motifs is 1. The molecule has 1 N–H and O–H groups in total. The zero-order chi connectivity index (χ0) is 20.8. The number of amides is 1. The second-order valence-electron chi connectivity index (χ2n) is 7.81. The van der Waals surface area contributed by atoms with Crippen LogP contribution in [0.4, 0.5) is 16.2 Å². The van der Waals surface area contributed by atoms with Crippen LogP contribution in [0.2, 0.25) is 0 Å². The number of aryl methyl sites for hydroxylation is 1. The van der Waals surface area contributed by atoms with Gasteiger partial charge < -0.3 is 9.64 Å². The molecule has 0 radical (unpaired) electrons. The van der Waals surface area contributed by atoms with Gasteiger partial charge in [-0.15, -0.1) is 0 Å². The van der Waals surface area contributed by atoms with Gasteiger partial charge in [0.05, 0.1) is 12.3 Å². The molecule has 3 aromatic carbocycles. The molecule has 1 aliphatic heterocycles. The number of ether oxygens (including phenoxy) is 1. The van der Waals surface area contributed by atoms with E-state index >= 15 is 0 Å². The van der Waals surface area contributed by atoms with Gasteiger partial charge in [-0.2, -0.15) is 0 Å². The third kappa shape index (κ3) is 5.10. The molecule has 0 saturated carbocycles. The fraction of sp³-hybridized carbons (Fsp3) is 0.320. The van der Waals surface area contributed by atoms with Crippen molar-refractivity contribution >= 4 is 28.2 Å². The third-order valence-electron chi connectivity index (χ3n) is 5.62. The molecule has 156 valence electrons. The summed E-state index contributed by atoms with van der Waals surface area (Å²) in [5.41, 5.74) is 3.39. The van der Waals surface area contributed by atoms with Crippen molar-refractivity contribution in [3.05, 3.63) is 72.3 Å². The van der Waals surface area contributed by atoms with E-state index in [4.69, 9.17) is 4.74 Å². The summed E-state index contributed by atoms with van der Waals surface area (Å²) in [5.74, 6) is 0. The van der Waals surface area contributed by atoms with Gasteiger partial charge in [-0.1, -0.05) is 48.5 Å². The zero-order valence-corrected chi connectivity index (χ0v) is 17.5. The Bertz CT molecular complexity index is 991. The molecule has 0 unspecified atom stereocenters. The largest absolute Gasteiger partial charge is 0.449 e. The molecule has 1 fully saturated rings. The predicted octanol–water partition coefficient (Wildman–Crippen LogP) is 4.91. The van der Waals surface area contributed by atoms with E-state index in [1.807, 2.05) is 42.5 Å². The van der Waals surface area contributed by atoms with E-state index < -0.39 is 6.09 Å². The highest BCUT2D eigenvalue weighted by molar-refractivity contribution is 6.00. The Morgan fingerprint density at radius 1 is 0.967 bits per heavy atom. The minimum Gasteiger partial charge on any atom is -0.449 e. The molecule has 5 heteroatoms. The van der Waals surface area contributed by atoms with Gasteiger partial charge in [-0.3, -0.25) is 10.2 Å². The van der Waals surface area contributed by atoms with E-state index in [1.54, 1.807) is 0 Å². The topological polar surface area (TPSA) is 44.8 Å². The summed E-state index contributed by atoms with van der Waals surface area (Å²) in [7, 11) is 0. The van der Waals surface area contributed by atoms with Crippen LogP contribution in [-0.2, 0) is 4.74 Å². The van der Waals surface area contributed by atoms with Crippen LogP contribution in [0.5, 0.6) is 0 Å². The van der Waals surface area contributed by atoms with Crippen molar-refractivity contribution in [3.8, 4) is 0 Å². The highest BCUT2D eigenvalue weighted by Gasteiger charge is 2.17. The second-order valence-corrected chi connectivity index (χ2v) is 7.81. The Balaban J connectivity index is 1.17. The van der Waals surface area contributed by atoms with Crippen molar-refractivity contribution in [1.29, 1.82) is 0 Å². The first-order valence-electron chi connectivity index (χ1n) is 10.6. The molecule has 0 spiro atoms. The van der Waals surface area contributed by atoms with Crippen molar-refractivity contribution < 1.29 is 9.53 Å². The van der Waals surface area contributed by atoms with Crippen LogP contribution in [0.1, 0.15) is 12.0 Å². The summed E-state index contributed by atoms with van der Waals surface area (Å²) in [6.07, 6.45) is 0.448. The van der Waals surface area contributed by atoms with Crippen LogP contribution in [-0.4, -0.2) is 50.3 Å². The van der Waals surface area contributed by atoms with E-state index in [0.29, 0.717) is 6.61 Å². The molecule has 0 aliphatic carbocycles. The smallest absolute Gasteiger partial charge is 0.411 e. The Morgan fingerprint density at radius 3 is 2.57 bits per heavy atom. The van der Waals surface area contributed by atoms with Crippen LogP contribution in [0.3, 0.4) is 0 Å². The number of nitrogens with zero attached hydrogens (tertiary/aromatic N) is 2. The lowest BCUT2D eigenvalue weighted by molar-refractivity contribution is 0.151. The van der Waals surface area contributed by atoms with Gasteiger partial charge in [-0.25, -0.2) is 4.79 Å². The molecule has 5 nitrogen and oxygen atoms in total. The number of piperazine rings is 1. The van der Waals surface area contributed by atoms with Crippen LogP contribution in [0.25, 0.3) is 10.8 Å². The van der Waals surface area contributed by atoms with Crippen LogP contribution < -0.4 is 10.2 Å². The predicted molar refractivity (Wildman–Crippen MR) is 123 cm³/mol. The number of benzene rings is 3. The molecule has 0 bridgehead atoms. The number of rotatable bonds is 6. The maximum Gasteiger partial charge on any atom is 0.411 e. The SMILES string of the molecule is Cc1cccc(N2CCN(CCCOC(=O)Nc3cccc4ccccc34)CC2)c1. The number of carbonyl (C=O) groups excluding carboxylic acids is 1. The van der Waals surface area contributed by atoms with Crippen LogP contribution >= 0.6 is 0 Å². The first-order chi connectivity index (χ1) is 14.7. The van der Waals surface area contributed by atoms with Gasteiger partial charge in [-0.05, 0) is 42.5 Å². The molecule has 0 aromatic heterocycles. The van der Waals surface area contributed by atoms with E-state index in [1.165, 1.54) is 11.3 Å². The summed E-state index contributed by atoms with van der Waals surface area (Å²) in [6, 6.07) is 22.6. The number of anilines is 2. The molecule has 30 heavy (non-hydrogen) atoms. The highest BCUT2D eigenvalue weighted by atomic mass is 16.5. The quantitative estimate of drug-likeness (QED) is 0.594. The fourth-order valence-electron chi connectivity index (χ4n) is 3.99. The van der Waals surface area contributed by atoms with Crippen LogP contribution in [0.15, 0.2) is 66.7 Å². The number of hydrogen-bond donors (Lipinski definition) is 1. The van der Waals surface area contributed by atoms with Crippen molar-refractivity contribution in [3.63, 3.8) is 0 Å². The number of carbonyl (C=O) groups is 1. The highest BCUT2D eigenvalue weighted by Crippen LogP contribution is 2.23. The minimum absolute atomic E-state index is 0.393. The van der Waals surface area contributed by atoms with E-state index in [9.17, 15) is 4.79 Å². The average molecular weight is 404 g/mol. The summed E-state index contributed by atoms with van der Waals surface area (Å²) < 4.78 is 5.40. The van der Waals surface area contributed by atoms with Gasteiger partial charge in [0.2, 0.25) is 0 Å².